The van der Waals surface area contributed by atoms with Crippen LogP contribution in [0.4, 0.5) is 5.69 Å². The Morgan fingerprint density at radius 3 is 2.93 bits per heavy atom. The topological polar surface area (TPSA) is 98.1 Å². The Balaban J connectivity index is 1.28. The number of likely N-dealkylation sites (tertiary alicyclic amines) is 1. The second-order valence-corrected chi connectivity index (χ2v) is 8.47. The molecule has 1 fully saturated rings. The van der Waals surface area contributed by atoms with Gasteiger partial charge in [-0.1, -0.05) is 12.1 Å². The number of hydrogen-bond donors (Lipinski definition) is 1. The van der Waals surface area contributed by atoms with Crippen LogP contribution in [-0.4, -0.2) is 40.3 Å². The zero-order valence-electron chi connectivity index (χ0n) is 16.6. The number of fused-ring (bicyclic) bond motifs is 5. The zero-order valence-corrected chi connectivity index (χ0v) is 16.6. The molecule has 1 saturated heterocycles. The molecular weight excluding hydrogens is 386 g/mol. The average Bonchev–Trinajstić information content (AvgIpc) is 3.20. The summed E-state index contributed by atoms with van der Waals surface area (Å²) >= 11 is 0. The van der Waals surface area contributed by atoms with Crippen LogP contribution < -0.4 is 15.5 Å². The average molecular weight is 410 g/mol. The number of carbonyl (C=O) groups is 1. The monoisotopic (exact) mass is 410 g/mol. The summed E-state index contributed by atoms with van der Waals surface area (Å²) in [6.45, 7) is 2.38. The molecule has 0 spiro atoms. The molecule has 3 aliphatic heterocycles. The van der Waals surface area contributed by atoms with Gasteiger partial charge in [0.2, 0.25) is 5.91 Å². The molecule has 8 nitrogen and oxygen atoms in total. The predicted octanol–water partition coefficient (Wildman–Crippen LogP) is 2.06. The lowest BCUT2D eigenvalue weighted by molar-refractivity contribution is -0.133. The van der Waals surface area contributed by atoms with Gasteiger partial charge >= 0.3 is 0 Å². The summed E-state index contributed by atoms with van der Waals surface area (Å²) in [6, 6.07) is 9.25. The molecule has 0 saturated carbocycles. The minimum atomic E-state index is -0.472. The number of hydrogen-bond acceptors (Lipinski definition) is 6. The summed E-state index contributed by atoms with van der Waals surface area (Å²) in [5, 5.41) is 19.9. The van der Waals surface area contributed by atoms with Gasteiger partial charge in [0.1, 0.15) is 11.4 Å². The molecule has 158 valence electrons. The van der Waals surface area contributed by atoms with E-state index in [9.17, 15) is 14.8 Å². The van der Waals surface area contributed by atoms with Crippen LogP contribution in [0.1, 0.15) is 35.6 Å². The van der Waals surface area contributed by atoms with Gasteiger partial charge in [-0.25, -0.2) is 0 Å². The van der Waals surface area contributed by atoms with E-state index < -0.39 is 5.56 Å². The van der Waals surface area contributed by atoms with Gasteiger partial charge in [0.05, 0.1) is 6.61 Å². The summed E-state index contributed by atoms with van der Waals surface area (Å²) in [6.07, 6.45) is 3.01. The summed E-state index contributed by atoms with van der Waals surface area (Å²) in [5.41, 5.74) is 2.46. The molecule has 2 aromatic rings. The van der Waals surface area contributed by atoms with Crippen molar-refractivity contribution in [1.82, 2.24) is 9.47 Å². The molecule has 8 heteroatoms. The van der Waals surface area contributed by atoms with Crippen LogP contribution in [0.3, 0.4) is 0 Å². The van der Waals surface area contributed by atoms with Crippen molar-refractivity contribution in [3.63, 3.8) is 0 Å². The highest BCUT2D eigenvalue weighted by molar-refractivity contribution is 5.76. The van der Waals surface area contributed by atoms with Crippen molar-refractivity contribution in [1.29, 1.82) is 0 Å². The number of pyridine rings is 1. The highest BCUT2D eigenvalue weighted by atomic mass is 16.8. The van der Waals surface area contributed by atoms with Crippen molar-refractivity contribution in [3.05, 3.63) is 62.7 Å². The van der Waals surface area contributed by atoms with Gasteiger partial charge in [-0.2, -0.15) is 0 Å². The summed E-state index contributed by atoms with van der Waals surface area (Å²) in [7, 11) is 0. The molecule has 1 amide bonds. The van der Waals surface area contributed by atoms with E-state index in [-0.39, 0.29) is 28.7 Å². The minimum Gasteiger partial charge on any atom is -0.733 e. The van der Waals surface area contributed by atoms with Crippen molar-refractivity contribution in [3.8, 4) is 5.75 Å². The lowest BCUT2D eigenvalue weighted by Gasteiger charge is -2.43. The SMILES string of the molecule is O=C(CCc1ccc2c(c1)CCO2)N1CC2C[C@@H](C1)Cn1c2ccc(N([O-])O)c1=O. The lowest BCUT2D eigenvalue weighted by atomic mass is 9.83. The standard InChI is InChI=1S/C22H24N3O5/c26-21(6-2-14-1-5-20-16(9-14)7-8-30-20)23-11-15-10-17(13-23)18-3-4-19(25(28)29)22(27)24(18)12-15/h1,3-5,9,15,17,28H,2,6-8,10-13H2/q-1/t15-,17?/m0/s1. The fraction of sp³-hybridized carbons (Fsp3) is 0.455. The van der Waals surface area contributed by atoms with Gasteiger partial charge in [-0.3, -0.25) is 14.8 Å². The highest BCUT2D eigenvalue weighted by Crippen LogP contribution is 2.36. The van der Waals surface area contributed by atoms with Crippen LogP contribution in [0.15, 0.2) is 35.1 Å². The number of benzene rings is 1. The molecule has 0 radical (unpaired) electrons. The van der Waals surface area contributed by atoms with E-state index in [1.807, 2.05) is 17.0 Å². The van der Waals surface area contributed by atoms with Crippen LogP contribution in [0.25, 0.3) is 0 Å². The van der Waals surface area contributed by atoms with E-state index in [1.165, 1.54) is 11.6 Å². The Kier molecular flexibility index (Phi) is 4.75. The number of aryl methyl sites for hydroxylation is 1. The molecule has 1 unspecified atom stereocenters. The van der Waals surface area contributed by atoms with Gasteiger partial charge < -0.3 is 24.6 Å². The van der Waals surface area contributed by atoms with Crippen LogP contribution in [0, 0.1) is 11.1 Å². The molecule has 1 N–H and O–H groups in total. The maximum Gasteiger partial charge on any atom is 0.275 e. The van der Waals surface area contributed by atoms with Crippen molar-refractivity contribution >= 4 is 11.6 Å². The van der Waals surface area contributed by atoms with Crippen LogP contribution >= 0.6 is 0 Å². The third kappa shape index (κ3) is 3.36. The number of carbonyl (C=O) groups excluding carboxylic acids is 1. The first-order valence-corrected chi connectivity index (χ1v) is 10.4. The molecule has 3 aliphatic rings. The van der Waals surface area contributed by atoms with Gasteiger partial charge in [0.15, 0.2) is 0 Å². The predicted molar refractivity (Wildman–Crippen MR) is 110 cm³/mol. The zero-order chi connectivity index (χ0) is 20.8. The second kappa shape index (κ2) is 7.45. The Morgan fingerprint density at radius 1 is 1.23 bits per heavy atom. The Morgan fingerprint density at radius 2 is 2.10 bits per heavy atom. The summed E-state index contributed by atoms with van der Waals surface area (Å²) in [4.78, 5) is 27.3. The molecule has 1 aromatic heterocycles. The van der Waals surface area contributed by atoms with Crippen molar-refractivity contribution in [2.45, 2.75) is 38.1 Å². The van der Waals surface area contributed by atoms with E-state index >= 15 is 0 Å². The lowest BCUT2D eigenvalue weighted by Crippen LogP contribution is -2.49. The van der Waals surface area contributed by atoms with Crippen LogP contribution in [0.2, 0.25) is 0 Å². The van der Waals surface area contributed by atoms with E-state index in [0.29, 0.717) is 32.5 Å². The molecule has 2 atom stereocenters. The minimum absolute atomic E-state index is 0.0686. The Bertz CT molecular complexity index is 1050. The molecule has 2 bridgehead atoms. The largest absolute Gasteiger partial charge is 0.733 e. The van der Waals surface area contributed by atoms with E-state index in [1.54, 1.807) is 10.6 Å². The molecule has 0 aliphatic carbocycles. The van der Waals surface area contributed by atoms with Gasteiger partial charge in [-0.05, 0) is 48.1 Å². The fourth-order valence-electron chi connectivity index (χ4n) is 5.09. The van der Waals surface area contributed by atoms with E-state index in [2.05, 4.69) is 6.07 Å². The number of rotatable bonds is 4. The third-order valence-electron chi connectivity index (χ3n) is 6.52. The molecule has 1 aromatic carbocycles. The molecule has 4 heterocycles. The first-order chi connectivity index (χ1) is 14.5. The van der Waals surface area contributed by atoms with Crippen LogP contribution in [-0.2, 0) is 24.2 Å². The molecule has 30 heavy (non-hydrogen) atoms. The maximum absolute atomic E-state index is 12.9. The number of amides is 1. The summed E-state index contributed by atoms with van der Waals surface area (Å²) < 4.78 is 7.13. The van der Waals surface area contributed by atoms with Gasteiger partial charge in [0.25, 0.3) is 5.56 Å². The Hall–Kier alpha value is -2.84. The van der Waals surface area contributed by atoms with Gasteiger partial charge in [-0.15, -0.1) is 0 Å². The van der Waals surface area contributed by atoms with Crippen LogP contribution in [0.5, 0.6) is 5.75 Å². The Labute approximate surface area is 173 Å². The number of ether oxygens (including phenoxy) is 1. The number of aromatic nitrogens is 1. The summed E-state index contributed by atoms with van der Waals surface area (Å²) in [5.74, 6) is 1.32. The quantitative estimate of drug-likeness (QED) is 0.775. The number of nitrogens with zero attached hydrogens (tertiary/aromatic N) is 3. The third-order valence-corrected chi connectivity index (χ3v) is 6.52. The van der Waals surface area contributed by atoms with E-state index in [4.69, 9.17) is 9.94 Å². The first kappa shape index (κ1) is 19.1. The second-order valence-electron chi connectivity index (χ2n) is 8.47. The van der Waals surface area contributed by atoms with Crippen molar-refractivity contribution < 1.29 is 14.7 Å². The first-order valence-electron chi connectivity index (χ1n) is 10.4. The van der Waals surface area contributed by atoms with E-state index in [0.717, 1.165) is 36.5 Å². The smallest absolute Gasteiger partial charge is 0.275 e. The van der Waals surface area contributed by atoms with Gasteiger partial charge in [0, 0.05) is 44.1 Å². The van der Waals surface area contributed by atoms with Crippen molar-refractivity contribution in [2.24, 2.45) is 5.92 Å². The normalized spacial score (nSPS) is 21.6. The fourth-order valence-corrected chi connectivity index (χ4v) is 5.09. The maximum atomic E-state index is 12.9. The number of piperidine rings is 1. The molecule has 5 rings (SSSR count). The number of anilines is 1. The molecular formula is C22H24N3O5-. The highest BCUT2D eigenvalue weighted by Gasteiger charge is 2.36. The van der Waals surface area contributed by atoms with Crippen molar-refractivity contribution in [2.75, 3.05) is 24.9 Å².